The maximum absolute atomic E-state index is 13.2. The van der Waals surface area contributed by atoms with Gasteiger partial charge in [-0.05, 0) is 51.8 Å². The highest BCUT2D eigenvalue weighted by atomic mass is 19.2. The molecule has 2 N–H and O–H groups in total. The Morgan fingerprint density at radius 3 is 2.23 bits per heavy atom. The fraction of sp³-hybridized carbons (Fsp3) is 0.500. The first kappa shape index (κ1) is 21.5. The van der Waals surface area contributed by atoms with Crippen LogP contribution in [0, 0.1) is 11.6 Å². The minimum atomic E-state index is -1.71. The minimum Gasteiger partial charge on any atom is -0.480 e. The van der Waals surface area contributed by atoms with E-state index < -0.39 is 40.6 Å². The Kier molecular flexibility index (Phi) is 6.83. The highest BCUT2D eigenvalue weighted by Gasteiger charge is 2.39. The van der Waals surface area contributed by atoms with Gasteiger partial charge < -0.3 is 15.2 Å². The van der Waals surface area contributed by atoms with E-state index in [0.717, 1.165) is 18.2 Å². The number of amides is 1. The van der Waals surface area contributed by atoms with Crippen molar-refractivity contribution in [1.29, 1.82) is 0 Å². The number of hydrogen-bond acceptors (Lipinski definition) is 4. The number of rotatable bonds is 7. The van der Waals surface area contributed by atoms with Crippen molar-refractivity contribution in [3.8, 4) is 0 Å². The Morgan fingerprint density at radius 1 is 1.15 bits per heavy atom. The predicted octanol–water partition coefficient (Wildman–Crippen LogP) is 3.69. The second kappa shape index (κ2) is 8.25. The van der Waals surface area contributed by atoms with Crippen molar-refractivity contribution in [2.24, 2.45) is 0 Å². The molecule has 0 radical (unpaired) electrons. The molecule has 0 saturated heterocycles. The monoisotopic (exact) mass is 371 g/mol. The van der Waals surface area contributed by atoms with Gasteiger partial charge in [-0.3, -0.25) is 4.79 Å². The molecule has 0 aliphatic carbocycles. The molecule has 26 heavy (non-hydrogen) atoms. The molecule has 6 nitrogen and oxygen atoms in total. The maximum Gasteiger partial charge on any atom is 0.408 e. The van der Waals surface area contributed by atoms with E-state index in [1.165, 1.54) is 0 Å². The number of nitrogens with one attached hydrogen (secondary N) is 1. The zero-order valence-electron chi connectivity index (χ0n) is 15.2. The van der Waals surface area contributed by atoms with Gasteiger partial charge in [0.2, 0.25) is 0 Å². The SMILES string of the molecule is CC[C@@](CCC(=O)c1ccc(F)c(F)c1)(NC(=O)OC(C)(C)C)C(=O)O. The van der Waals surface area contributed by atoms with Crippen LogP contribution in [0.3, 0.4) is 0 Å². The average molecular weight is 371 g/mol. The molecule has 1 atom stereocenters. The third-order valence-electron chi connectivity index (χ3n) is 3.77. The molecule has 1 aromatic rings. The topological polar surface area (TPSA) is 92.7 Å². The van der Waals surface area contributed by atoms with Crippen molar-refractivity contribution in [2.45, 2.75) is 58.1 Å². The van der Waals surface area contributed by atoms with Crippen molar-refractivity contribution in [2.75, 3.05) is 0 Å². The zero-order valence-corrected chi connectivity index (χ0v) is 15.2. The van der Waals surface area contributed by atoms with Crippen LogP contribution in [0.25, 0.3) is 0 Å². The minimum absolute atomic E-state index is 0.00658. The Labute approximate surface area is 150 Å². The number of benzene rings is 1. The lowest BCUT2D eigenvalue weighted by Gasteiger charge is -2.30. The summed E-state index contributed by atoms with van der Waals surface area (Å²) in [5, 5.41) is 11.9. The van der Waals surface area contributed by atoms with E-state index in [9.17, 15) is 28.3 Å². The number of halogens is 2. The molecule has 0 aliphatic heterocycles. The predicted molar refractivity (Wildman–Crippen MR) is 90.0 cm³/mol. The molecule has 1 amide bonds. The molecular weight excluding hydrogens is 348 g/mol. The van der Waals surface area contributed by atoms with Crippen LogP contribution in [0.1, 0.15) is 57.3 Å². The lowest BCUT2D eigenvalue weighted by molar-refractivity contribution is -0.145. The molecule has 0 saturated carbocycles. The molecule has 0 heterocycles. The van der Waals surface area contributed by atoms with Gasteiger partial charge in [0.1, 0.15) is 11.1 Å². The highest BCUT2D eigenvalue weighted by molar-refractivity contribution is 5.96. The quantitative estimate of drug-likeness (QED) is 0.713. The molecule has 1 aromatic carbocycles. The number of hydrogen-bond donors (Lipinski definition) is 2. The number of carbonyl (C=O) groups excluding carboxylic acids is 2. The third-order valence-corrected chi connectivity index (χ3v) is 3.77. The maximum atomic E-state index is 13.2. The molecule has 0 aliphatic rings. The second-order valence-electron chi connectivity index (χ2n) is 6.92. The van der Waals surface area contributed by atoms with E-state index in [0.29, 0.717) is 0 Å². The molecule has 0 aromatic heterocycles. The molecular formula is C18H23F2NO5. The van der Waals surface area contributed by atoms with Gasteiger partial charge in [-0.25, -0.2) is 18.4 Å². The van der Waals surface area contributed by atoms with Crippen molar-refractivity contribution < 1.29 is 33.0 Å². The van der Waals surface area contributed by atoms with Gasteiger partial charge in [0, 0.05) is 12.0 Å². The van der Waals surface area contributed by atoms with Crippen LogP contribution in [0.2, 0.25) is 0 Å². The normalized spacial score (nSPS) is 13.6. The first-order valence-corrected chi connectivity index (χ1v) is 8.13. The molecule has 0 unspecified atom stereocenters. The highest BCUT2D eigenvalue weighted by Crippen LogP contribution is 2.22. The first-order chi connectivity index (χ1) is 11.9. The summed E-state index contributed by atoms with van der Waals surface area (Å²) in [7, 11) is 0. The number of carbonyl (C=O) groups is 3. The lowest BCUT2D eigenvalue weighted by atomic mass is 9.88. The van der Waals surface area contributed by atoms with Crippen LogP contribution in [0.4, 0.5) is 13.6 Å². The van der Waals surface area contributed by atoms with Gasteiger partial charge in [0.15, 0.2) is 17.4 Å². The third kappa shape index (κ3) is 5.79. The van der Waals surface area contributed by atoms with Gasteiger partial charge in [0.25, 0.3) is 0 Å². The Morgan fingerprint density at radius 2 is 1.77 bits per heavy atom. The van der Waals surface area contributed by atoms with Crippen LogP contribution in [-0.4, -0.2) is 34.1 Å². The van der Waals surface area contributed by atoms with Crippen LogP contribution < -0.4 is 5.32 Å². The van der Waals surface area contributed by atoms with E-state index in [4.69, 9.17) is 4.74 Å². The summed E-state index contributed by atoms with van der Waals surface area (Å²) in [5.74, 6) is -4.12. The number of carboxylic acids is 1. The van der Waals surface area contributed by atoms with E-state index in [2.05, 4.69) is 5.32 Å². The van der Waals surface area contributed by atoms with Crippen molar-refractivity contribution >= 4 is 17.8 Å². The zero-order chi connectivity index (χ0) is 20.1. The molecule has 0 bridgehead atoms. The van der Waals surface area contributed by atoms with Crippen molar-refractivity contribution in [3.63, 3.8) is 0 Å². The Balaban J connectivity index is 2.90. The van der Waals surface area contributed by atoms with E-state index >= 15 is 0 Å². The summed E-state index contributed by atoms with van der Waals surface area (Å²) in [6.07, 6.45) is -1.41. The first-order valence-electron chi connectivity index (χ1n) is 8.13. The average Bonchev–Trinajstić information content (AvgIpc) is 2.51. The summed E-state index contributed by atoms with van der Waals surface area (Å²) in [5.41, 5.74) is -2.60. The lowest BCUT2D eigenvalue weighted by Crippen LogP contribution is -2.55. The number of Topliss-reactive ketones (excluding diaryl/α,β-unsaturated/α-hetero) is 1. The smallest absolute Gasteiger partial charge is 0.408 e. The van der Waals surface area contributed by atoms with Crippen molar-refractivity contribution in [3.05, 3.63) is 35.4 Å². The van der Waals surface area contributed by atoms with Gasteiger partial charge in [-0.15, -0.1) is 0 Å². The summed E-state index contributed by atoms with van der Waals surface area (Å²) >= 11 is 0. The number of aliphatic carboxylic acids is 1. The molecule has 1 rings (SSSR count). The van der Waals surface area contributed by atoms with E-state index in [1.54, 1.807) is 27.7 Å². The molecule has 8 heteroatoms. The molecule has 0 fully saturated rings. The summed E-state index contributed by atoms with van der Waals surface area (Å²) in [4.78, 5) is 35.9. The second-order valence-corrected chi connectivity index (χ2v) is 6.92. The fourth-order valence-electron chi connectivity index (χ4n) is 2.28. The number of carboxylic acid groups (broad SMARTS) is 1. The van der Waals surface area contributed by atoms with Gasteiger partial charge in [-0.1, -0.05) is 6.92 Å². The number of ketones is 1. The van der Waals surface area contributed by atoms with Gasteiger partial charge >= 0.3 is 12.1 Å². The summed E-state index contributed by atoms with van der Waals surface area (Å²) < 4.78 is 31.3. The summed E-state index contributed by atoms with van der Waals surface area (Å²) in [6, 6.07) is 2.70. The van der Waals surface area contributed by atoms with E-state index in [-0.39, 0.29) is 24.8 Å². The Bertz CT molecular complexity index is 699. The fourth-order valence-corrected chi connectivity index (χ4v) is 2.28. The summed E-state index contributed by atoms with van der Waals surface area (Å²) in [6.45, 7) is 6.45. The van der Waals surface area contributed by atoms with Crippen LogP contribution in [0.5, 0.6) is 0 Å². The van der Waals surface area contributed by atoms with Crippen LogP contribution in [-0.2, 0) is 9.53 Å². The molecule has 0 spiro atoms. The largest absolute Gasteiger partial charge is 0.480 e. The van der Waals surface area contributed by atoms with Crippen molar-refractivity contribution in [1.82, 2.24) is 5.32 Å². The van der Waals surface area contributed by atoms with Crippen LogP contribution in [0.15, 0.2) is 18.2 Å². The van der Waals surface area contributed by atoms with Gasteiger partial charge in [-0.2, -0.15) is 0 Å². The number of ether oxygens (including phenoxy) is 1. The Hall–Kier alpha value is -2.51. The molecule has 144 valence electrons. The standard InChI is InChI=1S/C18H23F2NO5/c1-5-18(15(23)24,21-16(25)26-17(2,3)4)9-8-14(22)11-6-7-12(19)13(20)10-11/h6-7,10H,5,8-9H2,1-4H3,(H,21,25)(H,23,24)/t18-/m0/s1. The van der Waals surface area contributed by atoms with Gasteiger partial charge in [0.05, 0.1) is 0 Å². The number of alkyl carbamates (subject to hydrolysis) is 1. The van der Waals surface area contributed by atoms with Crippen LogP contribution >= 0.6 is 0 Å². The van der Waals surface area contributed by atoms with E-state index in [1.807, 2.05) is 0 Å².